The third-order valence-electron chi connectivity index (χ3n) is 3.24. The lowest BCUT2D eigenvalue weighted by Gasteiger charge is -2.14. The van der Waals surface area contributed by atoms with Gasteiger partial charge < -0.3 is 14.9 Å². The molecule has 0 fully saturated rings. The number of carboxylic acid groups (broad SMARTS) is 1. The zero-order valence-corrected chi connectivity index (χ0v) is 12.4. The minimum Gasteiger partial charge on any atom is -0.478 e. The summed E-state index contributed by atoms with van der Waals surface area (Å²) < 4.78 is 5.49. The van der Waals surface area contributed by atoms with E-state index in [2.05, 4.69) is 4.98 Å². The smallest absolute Gasteiger partial charge is 0.339 e. The highest BCUT2D eigenvalue weighted by atomic mass is 16.6. The normalized spacial score (nSPS) is 10.2. The molecular weight excluding hydrogens is 320 g/mol. The predicted molar refractivity (Wildman–Crippen MR) is 80.4 cm³/mol. The highest BCUT2D eigenvalue weighted by molar-refractivity contribution is 5.92. The number of hydrogen-bond donors (Lipinski definition) is 2. The van der Waals surface area contributed by atoms with Crippen LogP contribution >= 0.6 is 0 Å². The summed E-state index contributed by atoms with van der Waals surface area (Å²) in [5, 5.41) is 29.2. The maximum absolute atomic E-state index is 11.3. The summed E-state index contributed by atoms with van der Waals surface area (Å²) in [5.74, 6) is -1.63. The van der Waals surface area contributed by atoms with Crippen LogP contribution in [0.2, 0.25) is 0 Å². The first-order chi connectivity index (χ1) is 11.4. The van der Waals surface area contributed by atoms with Crippen molar-refractivity contribution in [1.82, 2.24) is 4.98 Å². The minimum absolute atomic E-state index is 0.0205. The van der Waals surface area contributed by atoms with Crippen LogP contribution in [0.5, 0.6) is 11.5 Å². The Labute approximate surface area is 135 Å². The van der Waals surface area contributed by atoms with Crippen molar-refractivity contribution < 1.29 is 29.5 Å². The fourth-order valence-corrected chi connectivity index (χ4v) is 2.03. The topological polar surface area (TPSA) is 140 Å². The molecule has 0 atom stereocenters. The van der Waals surface area contributed by atoms with Gasteiger partial charge in [0.2, 0.25) is 0 Å². The number of ether oxygens (including phenoxy) is 1. The summed E-state index contributed by atoms with van der Waals surface area (Å²) in [7, 11) is 0. The number of carbonyl (C=O) groups excluding carboxylic acids is 1. The van der Waals surface area contributed by atoms with Crippen LogP contribution in [0.4, 0.5) is 5.69 Å². The van der Waals surface area contributed by atoms with E-state index in [0.717, 1.165) is 18.2 Å². The Kier molecular flexibility index (Phi) is 4.85. The van der Waals surface area contributed by atoms with Crippen molar-refractivity contribution in [2.24, 2.45) is 0 Å². The number of benzene rings is 1. The van der Waals surface area contributed by atoms with Crippen molar-refractivity contribution in [2.45, 2.75) is 13.5 Å². The number of pyridine rings is 1. The zero-order valence-electron chi connectivity index (χ0n) is 12.4. The number of aromatic carboxylic acids is 1. The van der Waals surface area contributed by atoms with Crippen molar-refractivity contribution in [1.29, 1.82) is 0 Å². The van der Waals surface area contributed by atoms with Crippen molar-refractivity contribution in [2.75, 3.05) is 0 Å². The Hall–Kier alpha value is -3.33. The average Bonchev–Trinajstić information content (AvgIpc) is 2.56. The van der Waals surface area contributed by atoms with Crippen molar-refractivity contribution in [3.63, 3.8) is 0 Å². The number of carboxylic acids is 1. The van der Waals surface area contributed by atoms with Crippen LogP contribution in [0, 0.1) is 17.0 Å². The fourth-order valence-electron chi connectivity index (χ4n) is 2.03. The number of carbonyl (C=O) groups is 2. The van der Waals surface area contributed by atoms with Gasteiger partial charge in [0, 0.05) is 23.9 Å². The minimum atomic E-state index is -1.43. The number of aliphatic hydroxyl groups excluding tert-OH is 1. The van der Waals surface area contributed by atoms with Crippen molar-refractivity contribution in [3.05, 3.63) is 56.9 Å². The third-order valence-corrected chi connectivity index (χ3v) is 3.24. The van der Waals surface area contributed by atoms with Gasteiger partial charge in [-0.25, -0.2) is 4.79 Å². The van der Waals surface area contributed by atoms with Crippen LogP contribution in [0.3, 0.4) is 0 Å². The van der Waals surface area contributed by atoms with E-state index in [-0.39, 0.29) is 22.6 Å². The van der Waals surface area contributed by atoms with Crippen molar-refractivity contribution >= 4 is 17.9 Å². The van der Waals surface area contributed by atoms with Gasteiger partial charge in [0.05, 0.1) is 22.8 Å². The fraction of sp³-hybridized carbons (Fsp3) is 0.133. The molecule has 0 radical (unpaired) electrons. The number of rotatable bonds is 6. The van der Waals surface area contributed by atoms with E-state index < -0.39 is 28.8 Å². The van der Waals surface area contributed by atoms with E-state index in [0.29, 0.717) is 12.0 Å². The first-order valence-corrected chi connectivity index (χ1v) is 6.63. The van der Waals surface area contributed by atoms with Gasteiger partial charge in [-0.15, -0.1) is 0 Å². The molecule has 0 saturated heterocycles. The van der Waals surface area contributed by atoms with Gasteiger partial charge in [-0.1, -0.05) is 0 Å². The lowest BCUT2D eigenvalue weighted by Crippen LogP contribution is -2.05. The molecular formula is C15H12N2O7. The SMILES string of the molecule is Cc1ncc(CO)c(C=O)c1Oc1ccc([N+](=O)[O-])cc1C(=O)O. The average molecular weight is 332 g/mol. The number of aldehydes is 1. The Bertz CT molecular complexity index is 833. The summed E-state index contributed by atoms with van der Waals surface area (Å²) in [5.41, 5.74) is -0.308. The standard InChI is InChI=1S/C15H12N2O7/c1-8-14(12(7-19)9(6-18)5-16-8)24-13-3-2-10(17(22)23)4-11(13)15(20)21/h2-5,7,18H,6H2,1H3,(H,20,21). The van der Waals surface area contributed by atoms with Crippen LogP contribution in [0.15, 0.2) is 24.4 Å². The lowest BCUT2D eigenvalue weighted by atomic mass is 10.1. The Balaban J connectivity index is 2.58. The lowest BCUT2D eigenvalue weighted by molar-refractivity contribution is -0.384. The van der Waals surface area contributed by atoms with E-state index in [9.17, 15) is 29.9 Å². The van der Waals surface area contributed by atoms with Gasteiger partial charge in [0.25, 0.3) is 5.69 Å². The van der Waals surface area contributed by atoms with E-state index in [1.165, 1.54) is 13.1 Å². The molecule has 0 aliphatic rings. The second kappa shape index (κ2) is 6.84. The molecule has 1 aromatic carbocycles. The largest absolute Gasteiger partial charge is 0.478 e. The number of aromatic nitrogens is 1. The molecule has 2 N–H and O–H groups in total. The molecule has 2 aromatic rings. The maximum Gasteiger partial charge on any atom is 0.339 e. The van der Waals surface area contributed by atoms with Gasteiger partial charge in [-0.05, 0) is 13.0 Å². The summed E-state index contributed by atoms with van der Waals surface area (Å²) in [4.78, 5) is 36.6. The molecule has 0 aliphatic heterocycles. The summed E-state index contributed by atoms with van der Waals surface area (Å²) in [6.07, 6.45) is 1.77. The third kappa shape index (κ3) is 3.20. The number of non-ortho nitro benzene ring substituents is 1. The second-order valence-corrected chi connectivity index (χ2v) is 4.73. The molecule has 9 heteroatoms. The van der Waals surface area contributed by atoms with Crippen LogP contribution in [0.25, 0.3) is 0 Å². The predicted octanol–water partition coefficient (Wildman–Crippen LogP) is 2.09. The number of hydrogen-bond acceptors (Lipinski definition) is 7. The van der Waals surface area contributed by atoms with Gasteiger partial charge >= 0.3 is 5.97 Å². The van der Waals surface area contributed by atoms with Gasteiger partial charge in [-0.3, -0.25) is 19.9 Å². The molecule has 0 spiro atoms. The quantitative estimate of drug-likeness (QED) is 0.465. The number of nitro benzene ring substituents is 1. The van der Waals surface area contributed by atoms with E-state index in [1.54, 1.807) is 0 Å². The number of aryl methyl sites for hydroxylation is 1. The van der Waals surface area contributed by atoms with E-state index in [4.69, 9.17) is 4.74 Å². The summed E-state index contributed by atoms with van der Waals surface area (Å²) in [6.45, 7) is 1.08. The highest BCUT2D eigenvalue weighted by Gasteiger charge is 2.20. The van der Waals surface area contributed by atoms with Crippen LogP contribution < -0.4 is 4.74 Å². The Morgan fingerprint density at radius 1 is 1.46 bits per heavy atom. The van der Waals surface area contributed by atoms with Crippen molar-refractivity contribution in [3.8, 4) is 11.5 Å². The molecule has 0 unspecified atom stereocenters. The molecule has 0 amide bonds. The zero-order chi connectivity index (χ0) is 17.9. The molecule has 1 heterocycles. The number of nitro groups is 1. The molecule has 24 heavy (non-hydrogen) atoms. The Morgan fingerprint density at radius 2 is 2.17 bits per heavy atom. The number of aliphatic hydroxyl groups is 1. The first-order valence-electron chi connectivity index (χ1n) is 6.63. The number of nitrogens with zero attached hydrogens (tertiary/aromatic N) is 2. The molecule has 124 valence electrons. The van der Waals surface area contributed by atoms with Gasteiger partial charge in [-0.2, -0.15) is 0 Å². The van der Waals surface area contributed by atoms with Crippen LogP contribution in [-0.2, 0) is 6.61 Å². The highest BCUT2D eigenvalue weighted by Crippen LogP contribution is 2.33. The molecule has 0 bridgehead atoms. The second-order valence-electron chi connectivity index (χ2n) is 4.73. The monoisotopic (exact) mass is 332 g/mol. The van der Waals surface area contributed by atoms with Gasteiger partial charge in [0.15, 0.2) is 12.0 Å². The molecule has 2 rings (SSSR count). The van der Waals surface area contributed by atoms with Gasteiger partial charge in [0.1, 0.15) is 11.3 Å². The first kappa shape index (κ1) is 17.0. The Morgan fingerprint density at radius 3 is 2.71 bits per heavy atom. The van der Waals surface area contributed by atoms with E-state index >= 15 is 0 Å². The summed E-state index contributed by atoms with van der Waals surface area (Å²) >= 11 is 0. The van der Waals surface area contributed by atoms with E-state index in [1.807, 2.05) is 0 Å². The van der Waals surface area contributed by atoms with Crippen LogP contribution in [-0.4, -0.2) is 32.4 Å². The molecule has 0 aliphatic carbocycles. The summed E-state index contributed by atoms with van der Waals surface area (Å²) in [6, 6.07) is 3.07. The molecule has 1 aromatic heterocycles. The molecule has 9 nitrogen and oxygen atoms in total. The van der Waals surface area contributed by atoms with Crippen LogP contribution in [0.1, 0.15) is 32.0 Å². The molecule has 0 saturated carbocycles. The maximum atomic E-state index is 11.3.